The lowest BCUT2D eigenvalue weighted by Gasteiger charge is -2.24. The van der Waals surface area contributed by atoms with Gasteiger partial charge in [-0.1, -0.05) is 36.4 Å². The van der Waals surface area contributed by atoms with Crippen LogP contribution in [0.15, 0.2) is 65.6 Å². The molecule has 27 heavy (non-hydrogen) atoms. The first-order chi connectivity index (χ1) is 13.1. The highest BCUT2D eigenvalue weighted by Crippen LogP contribution is 2.52. The SMILES string of the molecule is C=C1CC2COC(=O)C2(Cc2ccc(NCc3ccc(SC)cc3)cc2)C1. The molecule has 1 saturated carbocycles. The predicted molar refractivity (Wildman–Crippen MR) is 111 cm³/mol. The second-order valence-electron chi connectivity index (χ2n) is 7.66. The average Bonchev–Trinajstić information content (AvgIpc) is 3.16. The monoisotopic (exact) mass is 379 g/mol. The molecule has 0 amide bonds. The lowest BCUT2D eigenvalue weighted by molar-refractivity contribution is -0.146. The molecule has 2 aromatic rings. The van der Waals surface area contributed by atoms with Crippen LogP contribution in [0.2, 0.25) is 0 Å². The van der Waals surface area contributed by atoms with Crippen LogP contribution in [0.1, 0.15) is 24.0 Å². The second kappa shape index (κ2) is 7.43. The van der Waals surface area contributed by atoms with E-state index >= 15 is 0 Å². The Morgan fingerprint density at radius 3 is 2.56 bits per heavy atom. The van der Waals surface area contributed by atoms with Crippen molar-refractivity contribution < 1.29 is 9.53 Å². The number of benzene rings is 2. The number of hydrogen-bond donors (Lipinski definition) is 1. The zero-order valence-corrected chi connectivity index (χ0v) is 16.5. The van der Waals surface area contributed by atoms with Gasteiger partial charge in [0.05, 0.1) is 12.0 Å². The van der Waals surface area contributed by atoms with E-state index in [-0.39, 0.29) is 11.4 Å². The van der Waals surface area contributed by atoms with E-state index in [1.807, 2.05) is 0 Å². The van der Waals surface area contributed by atoms with Gasteiger partial charge in [-0.3, -0.25) is 4.79 Å². The van der Waals surface area contributed by atoms with E-state index in [4.69, 9.17) is 4.74 Å². The highest BCUT2D eigenvalue weighted by molar-refractivity contribution is 7.98. The lowest BCUT2D eigenvalue weighted by Crippen LogP contribution is -2.31. The number of carbonyl (C=O) groups excluding carboxylic acids is 1. The van der Waals surface area contributed by atoms with Crippen molar-refractivity contribution in [3.63, 3.8) is 0 Å². The molecule has 0 radical (unpaired) electrons. The molecule has 140 valence electrons. The van der Waals surface area contributed by atoms with Gasteiger partial charge in [-0.05, 0) is 60.9 Å². The fraction of sp³-hybridized carbons (Fsp3) is 0.348. The summed E-state index contributed by atoms with van der Waals surface area (Å²) < 4.78 is 5.38. The number of hydrogen-bond acceptors (Lipinski definition) is 4. The maximum Gasteiger partial charge on any atom is 0.313 e. The summed E-state index contributed by atoms with van der Waals surface area (Å²) in [5.74, 6) is 0.251. The van der Waals surface area contributed by atoms with Gasteiger partial charge in [0.1, 0.15) is 0 Å². The Morgan fingerprint density at radius 1 is 1.15 bits per heavy atom. The molecule has 2 fully saturated rings. The Morgan fingerprint density at radius 2 is 1.85 bits per heavy atom. The van der Waals surface area contributed by atoms with E-state index in [0.29, 0.717) is 12.5 Å². The molecule has 0 bridgehead atoms. The minimum Gasteiger partial charge on any atom is -0.465 e. The number of ether oxygens (including phenoxy) is 1. The van der Waals surface area contributed by atoms with Crippen molar-refractivity contribution in [2.24, 2.45) is 11.3 Å². The summed E-state index contributed by atoms with van der Waals surface area (Å²) in [5, 5.41) is 3.47. The molecule has 1 aliphatic heterocycles. The lowest BCUT2D eigenvalue weighted by atomic mass is 9.75. The molecule has 2 aliphatic rings. The van der Waals surface area contributed by atoms with Crippen LogP contribution in [-0.4, -0.2) is 18.8 Å². The van der Waals surface area contributed by atoms with Crippen LogP contribution >= 0.6 is 11.8 Å². The van der Waals surface area contributed by atoms with Crippen LogP contribution < -0.4 is 5.32 Å². The van der Waals surface area contributed by atoms with Crippen molar-refractivity contribution in [1.29, 1.82) is 0 Å². The Bertz CT molecular complexity index is 844. The summed E-state index contributed by atoms with van der Waals surface area (Å²) in [6.07, 6.45) is 4.51. The van der Waals surface area contributed by atoms with E-state index in [1.54, 1.807) is 11.8 Å². The number of allylic oxidation sites excluding steroid dienone is 1. The first-order valence-electron chi connectivity index (χ1n) is 9.39. The van der Waals surface area contributed by atoms with Gasteiger partial charge >= 0.3 is 5.97 Å². The van der Waals surface area contributed by atoms with Gasteiger partial charge in [0.2, 0.25) is 0 Å². The Kier molecular flexibility index (Phi) is 5.00. The van der Waals surface area contributed by atoms with E-state index < -0.39 is 0 Å². The third-order valence-electron chi connectivity index (χ3n) is 5.83. The van der Waals surface area contributed by atoms with Crippen LogP contribution in [0.4, 0.5) is 5.69 Å². The molecule has 1 aliphatic carbocycles. The van der Waals surface area contributed by atoms with Gasteiger partial charge in [0.25, 0.3) is 0 Å². The molecule has 2 atom stereocenters. The van der Waals surface area contributed by atoms with Crippen molar-refractivity contribution >= 4 is 23.4 Å². The van der Waals surface area contributed by atoms with Crippen LogP contribution in [0.5, 0.6) is 0 Å². The summed E-state index contributed by atoms with van der Waals surface area (Å²) in [6, 6.07) is 17.1. The van der Waals surface area contributed by atoms with Crippen LogP contribution in [0.3, 0.4) is 0 Å². The molecule has 0 spiro atoms. The summed E-state index contributed by atoms with van der Waals surface area (Å²) in [6.45, 7) is 5.46. The summed E-state index contributed by atoms with van der Waals surface area (Å²) in [7, 11) is 0. The van der Waals surface area contributed by atoms with Gasteiger partial charge in [0, 0.05) is 23.0 Å². The molecule has 4 rings (SSSR count). The zero-order chi connectivity index (χ0) is 18.9. The van der Waals surface area contributed by atoms with E-state index in [2.05, 4.69) is 66.7 Å². The fourth-order valence-corrected chi connectivity index (χ4v) is 4.72. The maximum atomic E-state index is 12.4. The van der Waals surface area contributed by atoms with Gasteiger partial charge < -0.3 is 10.1 Å². The van der Waals surface area contributed by atoms with E-state index in [0.717, 1.165) is 31.5 Å². The van der Waals surface area contributed by atoms with E-state index in [9.17, 15) is 4.79 Å². The molecule has 2 unspecified atom stereocenters. The largest absolute Gasteiger partial charge is 0.465 e. The third kappa shape index (κ3) is 3.63. The van der Waals surface area contributed by atoms with Crippen molar-refractivity contribution in [3.8, 4) is 0 Å². The van der Waals surface area contributed by atoms with Gasteiger partial charge in [-0.25, -0.2) is 0 Å². The van der Waals surface area contributed by atoms with Gasteiger partial charge in [-0.2, -0.15) is 0 Å². The number of rotatable bonds is 6. The molecule has 1 saturated heterocycles. The molecule has 0 aromatic heterocycles. The number of esters is 1. The molecule has 1 N–H and O–H groups in total. The topological polar surface area (TPSA) is 38.3 Å². The highest BCUT2D eigenvalue weighted by Gasteiger charge is 2.55. The van der Waals surface area contributed by atoms with E-state index in [1.165, 1.54) is 21.6 Å². The smallest absolute Gasteiger partial charge is 0.313 e. The van der Waals surface area contributed by atoms with Crippen LogP contribution in [-0.2, 0) is 22.5 Å². The minimum absolute atomic E-state index is 0.0398. The Labute approximate surface area is 165 Å². The third-order valence-corrected chi connectivity index (χ3v) is 6.58. The maximum absolute atomic E-state index is 12.4. The van der Waals surface area contributed by atoms with Crippen LogP contribution in [0, 0.1) is 11.3 Å². The van der Waals surface area contributed by atoms with Crippen LogP contribution in [0.25, 0.3) is 0 Å². The number of fused-ring (bicyclic) bond motifs is 1. The number of nitrogens with one attached hydrogen (secondary N) is 1. The summed E-state index contributed by atoms with van der Waals surface area (Å²) in [4.78, 5) is 13.7. The molecule has 3 nitrogen and oxygen atoms in total. The van der Waals surface area contributed by atoms with Crippen molar-refractivity contribution in [2.75, 3.05) is 18.2 Å². The highest BCUT2D eigenvalue weighted by atomic mass is 32.2. The first-order valence-corrected chi connectivity index (χ1v) is 10.6. The van der Waals surface area contributed by atoms with Crippen molar-refractivity contribution in [2.45, 2.75) is 30.7 Å². The average molecular weight is 380 g/mol. The number of carbonyl (C=O) groups is 1. The molecule has 2 aromatic carbocycles. The predicted octanol–water partition coefficient (Wildman–Crippen LogP) is 5.07. The minimum atomic E-state index is -0.384. The summed E-state index contributed by atoms with van der Waals surface area (Å²) in [5.41, 5.74) is 4.33. The Balaban J connectivity index is 1.40. The molecular weight excluding hydrogens is 354 g/mol. The quantitative estimate of drug-likeness (QED) is 0.432. The summed E-state index contributed by atoms with van der Waals surface area (Å²) >= 11 is 1.75. The number of cyclic esters (lactones) is 1. The van der Waals surface area contributed by atoms with Gasteiger partial charge in [-0.15, -0.1) is 11.8 Å². The normalized spacial score (nSPS) is 24.0. The zero-order valence-electron chi connectivity index (χ0n) is 15.7. The molecule has 1 heterocycles. The first kappa shape index (κ1) is 18.2. The van der Waals surface area contributed by atoms with Crippen molar-refractivity contribution in [3.05, 3.63) is 71.8 Å². The Hall–Kier alpha value is -2.20. The van der Waals surface area contributed by atoms with Crippen molar-refractivity contribution in [1.82, 2.24) is 0 Å². The standard InChI is InChI=1S/C23H25NO2S/c1-16-11-19-15-26-22(25)23(19,12-16)13-17-3-7-20(8-4-17)24-14-18-5-9-21(27-2)10-6-18/h3-10,19,24H,1,11-15H2,2H3. The molecule has 4 heteroatoms. The number of thioether (sulfide) groups is 1. The van der Waals surface area contributed by atoms with Gasteiger partial charge in [0.15, 0.2) is 0 Å². The fourth-order valence-electron chi connectivity index (χ4n) is 4.31. The number of anilines is 1. The second-order valence-corrected chi connectivity index (χ2v) is 8.54. The molecular formula is C23H25NO2S.